The molecule has 1 unspecified atom stereocenters. The molecule has 1 aromatic heterocycles. The summed E-state index contributed by atoms with van der Waals surface area (Å²) < 4.78 is 0. The van der Waals surface area contributed by atoms with Gasteiger partial charge in [0.15, 0.2) is 5.16 Å². The molecule has 1 saturated heterocycles. The summed E-state index contributed by atoms with van der Waals surface area (Å²) in [6, 6.07) is 4.11. The molecule has 0 saturated carbocycles. The molecule has 3 N–H and O–H groups in total. The summed E-state index contributed by atoms with van der Waals surface area (Å²) in [5, 5.41) is 15.0. The number of H-pyrrole nitrogens is 1. The van der Waals surface area contributed by atoms with Gasteiger partial charge in [-0.2, -0.15) is 0 Å². The van der Waals surface area contributed by atoms with Gasteiger partial charge in [-0.3, -0.25) is 0 Å². The standard InChI is InChI=1S/C17H25ClN4OS/c1-3-12(4-2)24-17-20-14-7-13(18)16(8-15(14)21-17)22-6-5-19-11(9-22)10-23/h7-8,11-12,19,23H,3-6,9-10H2,1-2H3,(H,20,21). The lowest BCUT2D eigenvalue weighted by Crippen LogP contribution is -2.52. The molecule has 1 aromatic carbocycles. The summed E-state index contributed by atoms with van der Waals surface area (Å²) in [4.78, 5) is 10.3. The summed E-state index contributed by atoms with van der Waals surface area (Å²) in [6.45, 7) is 7.02. The lowest BCUT2D eigenvalue weighted by atomic mass is 10.2. The molecule has 3 rings (SSSR count). The number of rotatable bonds is 6. The van der Waals surface area contributed by atoms with E-state index in [0.29, 0.717) is 5.25 Å². The van der Waals surface area contributed by atoms with Gasteiger partial charge in [0, 0.05) is 30.9 Å². The minimum Gasteiger partial charge on any atom is -0.395 e. The van der Waals surface area contributed by atoms with Crippen LogP contribution >= 0.6 is 23.4 Å². The van der Waals surface area contributed by atoms with Gasteiger partial charge in [0.1, 0.15) is 0 Å². The fourth-order valence-corrected chi connectivity index (χ4v) is 4.33. The Labute approximate surface area is 152 Å². The van der Waals surface area contributed by atoms with Crippen molar-refractivity contribution in [3.63, 3.8) is 0 Å². The highest BCUT2D eigenvalue weighted by molar-refractivity contribution is 7.99. The maximum atomic E-state index is 9.39. The second kappa shape index (κ2) is 7.95. The molecule has 0 amide bonds. The van der Waals surface area contributed by atoms with Gasteiger partial charge in [-0.1, -0.05) is 37.2 Å². The number of aromatic nitrogens is 2. The summed E-state index contributed by atoms with van der Waals surface area (Å²) >= 11 is 8.32. The minimum absolute atomic E-state index is 0.0886. The number of aromatic amines is 1. The molecule has 7 heteroatoms. The molecule has 5 nitrogen and oxygen atoms in total. The van der Waals surface area contributed by atoms with Crippen LogP contribution in [0.5, 0.6) is 0 Å². The van der Waals surface area contributed by atoms with Crippen LogP contribution in [0.4, 0.5) is 5.69 Å². The highest BCUT2D eigenvalue weighted by atomic mass is 35.5. The molecular formula is C17H25ClN4OS. The third-order valence-electron chi connectivity index (χ3n) is 4.53. The molecule has 0 bridgehead atoms. The van der Waals surface area contributed by atoms with Gasteiger partial charge in [0.25, 0.3) is 0 Å². The third kappa shape index (κ3) is 3.82. The molecule has 132 valence electrons. The number of hydrogen-bond donors (Lipinski definition) is 3. The van der Waals surface area contributed by atoms with E-state index in [9.17, 15) is 5.11 Å². The molecule has 1 aliphatic rings. The summed E-state index contributed by atoms with van der Waals surface area (Å²) in [5.41, 5.74) is 2.92. The molecule has 0 spiro atoms. The predicted octanol–water partition coefficient (Wildman–Crippen LogP) is 3.27. The van der Waals surface area contributed by atoms with Gasteiger partial charge in [0.05, 0.1) is 28.4 Å². The molecule has 1 aliphatic heterocycles. The van der Waals surface area contributed by atoms with E-state index in [2.05, 4.69) is 35.1 Å². The Hall–Kier alpha value is -0.950. The average Bonchev–Trinajstić information content (AvgIpc) is 3.00. The summed E-state index contributed by atoms with van der Waals surface area (Å²) in [6.07, 6.45) is 2.26. The van der Waals surface area contributed by atoms with Crippen molar-refractivity contribution in [3.8, 4) is 0 Å². The van der Waals surface area contributed by atoms with Crippen molar-refractivity contribution < 1.29 is 5.11 Å². The zero-order valence-electron chi connectivity index (χ0n) is 14.2. The van der Waals surface area contributed by atoms with Crippen LogP contribution < -0.4 is 10.2 Å². The van der Waals surface area contributed by atoms with E-state index in [0.717, 1.165) is 59.4 Å². The van der Waals surface area contributed by atoms with E-state index < -0.39 is 0 Å². The maximum Gasteiger partial charge on any atom is 0.166 e. The van der Waals surface area contributed by atoms with Gasteiger partial charge in [-0.25, -0.2) is 4.98 Å². The SMILES string of the molecule is CCC(CC)Sc1nc2cc(N3CCNC(CO)C3)c(Cl)cc2[nH]1. The zero-order valence-corrected chi connectivity index (χ0v) is 15.8. The number of halogens is 1. The van der Waals surface area contributed by atoms with Crippen LogP contribution in [0.3, 0.4) is 0 Å². The van der Waals surface area contributed by atoms with Gasteiger partial charge >= 0.3 is 0 Å². The second-order valence-electron chi connectivity index (χ2n) is 6.20. The van der Waals surface area contributed by atoms with E-state index >= 15 is 0 Å². The number of nitrogens with one attached hydrogen (secondary N) is 2. The number of fused-ring (bicyclic) bond motifs is 1. The quantitative estimate of drug-likeness (QED) is 0.683. The summed E-state index contributed by atoms with van der Waals surface area (Å²) in [5.74, 6) is 0. The van der Waals surface area contributed by atoms with Crippen molar-refractivity contribution in [1.82, 2.24) is 15.3 Å². The van der Waals surface area contributed by atoms with Crippen LogP contribution in [0.15, 0.2) is 17.3 Å². The maximum absolute atomic E-state index is 9.39. The smallest absolute Gasteiger partial charge is 0.166 e. The Morgan fingerprint density at radius 3 is 2.92 bits per heavy atom. The van der Waals surface area contributed by atoms with Crippen LogP contribution in [0.25, 0.3) is 11.0 Å². The predicted molar refractivity (Wildman–Crippen MR) is 102 cm³/mol. The Morgan fingerprint density at radius 1 is 1.42 bits per heavy atom. The highest BCUT2D eigenvalue weighted by Gasteiger charge is 2.21. The number of aliphatic hydroxyl groups is 1. The first-order valence-corrected chi connectivity index (χ1v) is 9.85. The summed E-state index contributed by atoms with van der Waals surface area (Å²) in [7, 11) is 0. The Balaban J connectivity index is 1.86. The number of benzene rings is 1. The van der Waals surface area contributed by atoms with Gasteiger partial charge < -0.3 is 20.3 Å². The topological polar surface area (TPSA) is 64.2 Å². The molecule has 2 heterocycles. The number of imidazole rings is 1. The van der Waals surface area contributed by atoms with Gasteiger partial charge in [0.2, 0.25) is 0 Å². The largest absolute Gasteiger partial charge is 0.395 e. The van der Waals surface area contributed by atoms with Gasteiger partial charge in [-0.05, 0) is 25.0 Å². The van der Waals surface area contributed by atoms with Crippen molar-refractivity contribution in [3.05, 3.63) is 17.2 Å². The molecular weight excluding hydrogens is 344 g/mol. The van der Waals surface area contributed by atoms with Gasteiger partial charge in [-0.15, -0.1) is 0 Å². The van der Waals surface area contributed by atoms with Crippen molar-refractivity contribution >= 4 is 40.1 Å². The number of anilines is 1. The Bertz CT molecular complexity index is 689. The fraction of sp³-hybridized carbons (Fsp3) is 0.588. The van der Waals surface area contributed by atoms with Crippen molar-refractivity contribution in [1.29, 1.82) is 0 Å². The first-order valence-electron chi connectivity index (χ1n) is 8.59. The van der Waals surface area contributed by atoms with Crippen LogP contribution in [-0.2, 0) is 0 Å². The minimum atomic E-state index is 0.0886. The first-order chi connectivity index (χ1) is 11.6. The van der Waals surface area contributed by atoms with E-state index in [1.165, 1.54) is 0 Å². The van der Waals surface area contributed by atoms with E-state index in [4.69, 9.17) is 16.6 Å². The number of aliphatic hydroxyl groups excluding tert-OH is 1. The molecule has 1 atom stereocenters. The molecule has 1 fully saturated rings. The average molecular weight is 369 g/mol. The van der Waals surface area contributed by atoms with E-state index in [1.807, 2.05) is 6.07 Å². The van der Waals surface area contributed by atoms with Crippen molar-refractivity contribution in [2.75, 3.05) is 31.1 Å². The molecule has 0 radical (unpaired) electrons. The lowest BCUT2D eigenvalue weighted by Gasteiger charge is -2.34. The Kier molecular flexibility index (Phi) is 5.92. The Morgan fingerprint density at radius 2 is 2.21 bits per heavy atom. The van der Waals surface area contributed by atoms with E-state index in [-0.39, 0.29) is 12.6 Å². The lowest BCUT2D eigenvalue weighted by molar-refractivity contribution is 0.236. The van der Waals surface area contributed by atoms with Crippen LogP contribution in [0.2, 0.25) is 5.02 Å². The molecule has 0 aliphatic carbocycles. The highest BCUT2D eigenvalue weighted by Crippen LogP contribution is 2.33. The fourth-order valence-electron chi connectivity index (χ4n) is 3.07. The molecule has 2 aromatic rings. The molecule has 24 heavy (non-hydrogen) atoms. The van der Waals surface area contributed by atoms with Crippen LogP contribution in [0, 0.1) is 0 Å². The number of nitrogens with zero attached hydrogens (tertiary/aromatic N) is 2. The second-order valence-corrected chi connectivity index (χ2v) is 7.89. The van der Waals surface area contributed by atoms with Crippen LogP contribution in [-0.4, -0.2) is 52.6 Å². The number of hydrogen-bond acceptors (Lipinski definition) is 5. The van der Waals surface area contributed by atoms with Crippen molar-refractivity contribution in [2.24, 2.45) is 0 Å². The number of thioether (sulfide) groups is 1. The monoisotopic (exact) mass is 368 g/mol. The van der Waals surface area contributed by atoms with Crippen LogP contribution in [0.1, 0.15) is 26.7 Å². The third-order valence-corrected chi connectivity index (χ3v) is 6.25. The van der Waals surface area contributed by atoms with E-state index in [1.54, 1.807) is 11.8 Å². The number of piperazine rings is 1. The zero-order chi connectivity index (χ0) is 17.1. The first kappa shape index (κ1) is 17.9. The van der Waals surface area contributed by atoms with Crippen molar-refractivity contribution in [2.45, 2.75) is 43.1 Å². The normalized spacial score (nSPS) is 18.7.